The van der Waals surface area contributed by atoms with Crippen LogP contribution in [0.3, 0.4) is 0 Å². The number of fused-ring (bicyclic) bond motifs is 1. The first-order valence-corrected chi connectivity index (χ1v) is 8.73. The van der Waals surface area contributed by atoms with E-state index in [1.54, 1.807) is 31.4 Å². The molecule has 0 fully saturated rings. The Morgan fingerprint density at radius 3 is 2.63 bits per heavy atom. The van der Waals surface area contributed by atoms with Crippen LogP contribution in [0.15, 0.2) is 48.5 Å². The molecule has 1 aliphatic rings. The summed E-state index contributed by atoms with van der Waals surface area (Å²) < 4.78 is 15.9. The van der Waals surface area contributed by atoms with Crippen LogP contribution in [0.25, 0.3) is 0 Å². The van der Waals surface area contributed by atoms with Crippen LogP contribution >= 0.6 is 0 Å². The molecule has 2 amide bonds. The maximum Gasteiger partial charge on any atom is 0.313 e. The molecule has 1 atom stereocenters. The van der Waals surface area contributed by atoms with E-state index in [2.05, 4.69) is 10.6 Å². The molecule has 0 aromatic heterocycles. The van der Waals surface area contributed by atoms with Crippen LogP contribution in [-0.2, 0) is 14.3 Å². The number of hydrogen-bond acceptors (Lipinski definition) is 5. The van der Waals surface area contributed by atoms with Crippen LogP contribution in [0.2, 0.25) is 0 Å². The zero-order valence-corrected chi connectivity index (χ0v) is 15.1. The molecule has 1 aliphatic heterocycles. The van der Waals surface area contributed by atoms with E-state index in [4.69, 9.17) is 14.2 Å². The van der Waals surface area contributed by atoms with Gasteiger partial charge in [-0.2, -0.15) is 0 Å². The summed E-state index contributed by atoms with van der Waals surface area (Å²) in [6, 6.07) is 14.0. The summed E-state index contributed by atoms with van der Waals surface area (Å²) in [4.78, 5) is 24.5. The average molecular weight is 370 g/mol. The van der Waals surface area contributed by atoms with Gasteiger partial charge in [0.25, 0.3) is 0 Å². The van der Waals surface area contributed by atoms with Gasteiger partial charge in [-0.3, -0.25) is 9.59 Å². The molecule has 0 spiro atoms. The Morgan fingerprint density at radius 1 is 1.07 bits per heavy atom. The highest BCUT2D eigenvalue weighted by molar-refractivity contribution is 6.39. The van der Waals surface area contributed by atoms with Gasteiger partial charge in [0.15, 0.2) is 0 Å². The van der Waals surface area contributed by atoms with Crippen LogP contribution in [0, 0.1) is 0 Å². The second-order valence-electron chi connectivity index (χ2n) is 6.02. The van der Waals surface area contributed by atoms with E-state index in [9.17, 15) is 9.59 Å². The molecular weight excluding hydrogens is 348 g/mol. The quantitative estimate of drug-likeness (QED) is 0.602. The number of rotatable bonds is 6. The summed E-state index contributed by atoms with van der Waals surface area (Å²) in [5, 5.41) is 5.36. The number of para-hydroxylation sites is 1. The molecule has 0 saturated heterocycles. The van der Waals surface area contributed by atoms with Crippen LogP contribution < -0.4 is 20.1 Å². The second kappa shape index (κ2) is 9.05. The van der Waals surface area contributed by atoms with Gasteiger partial charge in [-0.05, 0) is 30.3 Å². The lowest BCUT2D eigenvalue weighted by atomic mass is 10.0. The average Bonchev–Trinajstić information content (AvgIpc) is 2.70. The van der Waals surface area contributed by atoms with Crippen molar-refractivity contribution in [3.05, 3.63) is 54.1 Å². The minimum absolute atomic E-state index is 0.246. The Morgan fingerprint density at radius 2 is 1.85 bits per heavy atom. The Bertz CT molecular complexity index is 791. The van der Waals surface area contributed by atoms with E-state index in [0.717, 1.165) is 11.3 Å². The van der Waals surface area contributed by atoms with Gasteiger partial charge < -0.3 is 24.8 Å². The maximum atomic E-state index is 12.3. The van der Waals surface area contributed by atoms with Gasteiger partial charge in [0.05, 0.1) is 19.3 Å². The normalized spacial score (nSPS) is 15.2. The first kappa shape index (κ1) is 18.7. The van der Waals surface area contributed by atoms with Gasteiger partial charge in [-0.15, -0.1) is 0 Å². The summed E-state index contributed by atoms with van der Waals surface area (Å²) in [5.74, 6) is -0.00372. The Hall–Kier alpha value is -3.06. The predicted molar refractivity (Wildman–Crippen MR) is 99.9 cm³/mol. The summed E-state index contributed by atoms with van der Waals surface area (Å²) in [6.45, 7) is 1.43. The minimum atomic E-state index is -0.716. The molecule has 2 N–H and O–H groups in total. The lowest BCUT2D eigenvalue weighted by Crippen LogP contribution is -2.39. The molecule has 27 heavy (non-hydrogen) atoms. The summed E-state index contributed by atoms with van der Waals surface area (Å²) in [6.07, 6.45) is 0.615. The van der Waals surface area contributed by atoms with Crippen molar-refractivity contribution in [2.24, 2.45) is 0 Å². The highest BCUT2D eigenvalue weighted by Crippen LogP contribution is 2.31. The highest BCUT2D eigenvalue weighted by atomic mass is 16.5. The van der Waals surface area contributed by atoms with Crippen LogP contribution in [0.1, 0.15) is 18.0 Å². The van der Waals surface area contributed by atoms with Crippen molar-refractivity contribution in [1.29, 1.82) is 0 Å². The van der Waals surface area contributed by atoms with E-state index in [0.29, 0.717) is 37.7 Å². The highest BCUT2D eigenvalue weighted by Gasteiger charge is 2.25. The second-order valence-corrected chi connectivity index (χ2v) is 6.02. The molecule has 1 heterocycles. The largest absolute Gasteiger partial charge is 0.493 e. The number of amides is 2. The van der Waals surface area contributed by atoms with Crippen molar-refractivity contribution in [3.8, 4) is 11.5 Å². The summed E-state index contributed by atoms with van der Waals surface area (Å²) in [7, 11) is 1.60. The number of carbonyl (C=O) groups excluding carboxylic acids is 2. The minimum Gasteiger partial charge on any atom is -0.493 e. The molecule has 0 saturated carbocycles. The van der Waals surface area contributed by atoms with Crippen molar-refractivity contribution >= 4 is 17.5 Å². The fourth-order valence-corrected chi connectivity index (χ4v) is 2.78. The molecule has 0 bridgehead atoms. The maximum absolute atomic E-state index is 12.3. The molecule has 7 heteroatoms. The third-order valence-corrected chi connectivity index (χ3v) is 4.14. The first-order chi connectivity index (χ1) is 13.2. The van der Waals surface area contributed by atoms with Crippen LogP contribution in [0.5, 0.6) is 11.5 Å². The van der Waals surface area contributed by atoms with E-state index < -0.39 is 11.8 Å². The predicted octanol–water partition coefficient (Wildman–Crippen LogP) is 2.29. The third kappa shape index (κ3) is 4.98. The zero-order chi connectivity index (χ0) is 19.1. The number of benzene rings is 2. The topological polar surface area (TPSA) is 85.9 Å². The van der Waals surface area contributed by atoms with Gasteiger partial charge in [0.2, 0.25) is 0 Å². The van der Waals surface area contributed by atoms with Crippen molar-refractivity contribution < 1.29 is 23.8 Å². The standard InChI is InChI=1S/C20H22N2O5/c1-25-12-13-26-15-8-6-14(7-9-15)21-19(23)20(24)22-17-10-11-27-18-5-3-2-4-16(17)18/h2-9,17H,10-13H2,1H3,(H,21,23)(H,22,24)/t17-/m1/s1. The lowest BCUT2D eigenvalue weighted by Gasteiger charge is -2.26. The Kier molecular flexibility index (Phi) is 6.27. The van der Waals surface area contributed by atoms with Crippen molar-refractivity contribution in [2.75, 3.05) is 32.2 Å². The number of methoxy groups -OCH3 is 1. The smallest absolute Gasteiger partial charge is 0.313 e. The van der Waals surface area contributed by atoms with Crippen LogP contribution in [-0.4, -0.2) is 38.7 Å². The Labute approximate surface area is 157 Å². The van der Waals surface area contributed by atoms with Crippen molar-refractivity contribution in [3.63, 3.8) is 0 Å². The first-order valence-electron chi connectivity index (χ1n) is 8.73. The molecule has 0 unspecified atom stereocenters. The molecule has 2 aromatic carbocycles. The van der Waals surface area contributed by atoms with Gasteiger partial charge >= 0.3 is 11.8 Å². The fraction of sp³-hybridized carbons (Fsp3) is 0.300. The van der Waals surface area contributed by atoms with Crippen molar-refractivity contribution in [1.82, 2.24) is 5.32 Å². The van der Waals surface area contributed by atoms with Gasteiger partial charge in [0.1, 0.15) is 18.1 Å². The van der Waals surface area contributed by atoms with Gasteiger partial charge in [-0.25, -0.2) is 0 Å². The van der Waals surface area contributed by atoms with E-state index in [1.807, 2.05) is 24.3 Å². The zero-order valence-electron chi connectivity index (χ0n) is 15.1. The van der Waals surface area contributed by atoms with Gasteiger partial charge in [-0.1, -0.05) is 18.2 Å². The molecule has 7 nitrogen and oxygen atoms in total. The van der Waals surface area contributed by atoms with E-state index >= 15 is 0 Å². The molecular formula is C20H22N2O5. The molecule has 0 radical (unpaired) electrons. The van der Waals surface area contributed by atoms with E-state index in [-0.39, 0.29) is 6.04 Å². The van der Waals surface area contributed by atoms with Gasteiger partial charge in [0, 0.05) is 24.8 Å². The number of ether oxygens (including phenoxy) is 3. The number of carbonyl (C=O) groups is 2. The fourth-order valence-electron chi connectivity index (χ4n) is 2.78. The summed E-state index contributed by atoms with van der Waals surface area (Å²) >= 11 is 0. The molecule has 3 rings (SSSR count). The van der Waals surface area contributed by atoms with Crippen molar-refractivity contribution in [2.45, 2.75) is 12.5 Å². The Balaban J connectivity index is 1.55. The molecule has 0 aliphatic carbocycles. The SMILES string of the molecule is COCCOc1ccc(NC(=O)C(=O)N[C@@H]2CCOc3ccccc32)cc1. The van der Waals surface area contributed by atoms with E-state index in [1.165, 1.54) is 0 Å². The lowest BCUT2D eigenvalue weighted by molar-refractivity contribution is -0.136. The van der Waals surface area contributed by atoms with Crippen LogP contribution in [0.4, 0.5) is 5.69 Å². The third-order valence-electron chi connectivity index (χ3n) is 4.14. The molecule has 2 aromatic rings. The number of hydrogen-bond donors (Lipinski definition) is 2. The number of anilines is 1. The summed E-state index contributed by atoms with van der Waals surface area (Å²) in [5.41, 5.74) is 1.39. The number of nitrogens with one attached hydrogen (secondary N) is 2. The monoisotopic (exact) mass is 370 g/mol. The molecule has 142 valence electrons.